The number of thiophene rings is 1. The molecule has 1 amide bonds. The highest BCUT2D eigenvalue weighted by molar-refractivity contribution is 9.10. The highest BCUT2D eigenvalue weighted by Crippen LogP contribution is 2.45. The first kappa shape index (κ1) is 17.0. The van der Waals surface area contributed by atoms with E-state index in [1.807, 2.05) is 29.0 Å². The number of nitrogens with zero attached hydrogens (tertiary/aromatic N) is 1. The van der Waals surface area contributed by atoms with E-state index in [0.29, 0.717) is 23.6 Å². The number of allylic oxidation sites excluding steroid dienone is 2. The number of hydrogen-bond acceptors (Lipinski definition) is 3. The maximum absolute atomic E-state index is 13.0. The van der Waals surface area contributed by atoms with E-state index in [9.17, 15) is 9.59 Å². The van der Waals surface area contributed by atoms with E-state index < -0.39 is 0 Å². The zero-order valence-electron chi connectivity index (χ0n) is 13.3. The molecule has 6 heteroatoms. The summed E-state index contributed by atoms with van der Waals surface area (Å²) >= 11 is 11.4. The third kappa shape index (κ3) is 2.98. The van der Waals surface area contributed by atoms with Gasteiger partial charge in [0, 0.05) is 34.5 Å². The minimum absolute atomic E-state index is 0.00567. The van der Waals surface area contributed by atoms with Gasteiger partial charge >= 0.3 is 0 Å². The lowest BCUT2D eigenvalue weighted by Crippen LogP contribution is -2.40. The molecule has 0 N–H and O–H groups in total. The van der Waals surface area contributed by atoms with Crippen LogP contribution in [-0.4, -0.2) is 11.7 Å². The van der Waals surface area contributed by atoms with Crippen molar-refractivity contribution < 1.29 is 9.59 Å². The van der Waals surface area contributed by atoms with Crippen LogP contribution in [0.15, 0.2) is 50.8 Å². The molecule has 1 aromatic carbocycles. The van der Waals surface area contributed by atoms with Gasteiger partial charge in [0.1, 0.15) is 0 Å². The minimum atomic E-state index is -0.132. The van der Waals surface area contributed by atoms with Gasteiger partial charge in [-0.15, -0.1) is 0 Å². The number of rotatable bonds is 2. The van der Waals surface area contributed by atoms with Crippen molar-refractivity contribution in [2.75, 3.05) is 4.90 Å². The van der Waals surface area contributed by atoms with Crippen LogP contribution in [0.4, 0.5) is 5.69 Å². The van der Waals surface area contributed by atoms with Crippen molar-refractivity contribution in [3.05, 3.63) is 61.4 Å². The summed E-state index contributed by atoms with van der Waals surface area (Å²) in [5, 5.41) is 4.53. The first-order valence-corrected chi connectivity index (χ1v) is 10.2. The largest absolute Gasteiger partial charge is 0.294 e. The predicted octanol–water partition coefficient (Wildman–Crippen LogP) is 5.69. The Bertz CT molecular complexity index is 891. The van der Waals surface area contributed by atoms with E-state index in [4.69, 9.17) is 11.6 Å². The van der Waals surface area contributed by atoms with Crippen LogP contribution < -0.4 is 4.90 Å². The molecule has 25 heavy (non-hydrogen) atoms. The van der Waals surface area contributed by atoms with E-state index in [1.165, 1.54) is 0 Å². The summed E-state index contributed by atoms with van der Waals surface area (Å²) in [6.07, 6.45) is 2.34. The van der Waals surface area contributed by atoms with Gasteiger partial charge in [-0.3, -0.25) is 14.5 Å². The lowest BCUT2D eigenvalue weighted by molar-refractivity contribution is -0.119. The second-order valence-electron chi connectivity index (χ2n) is 6.28. The van der Waals surface area contributed by atoms with Gasteiger partial charge in [0.05, 0.1) is 10.7 Å². The third-order valence-electron chi connectivity index (χ3n) is 4.77. The van der Waals surface area contributed by atoms with Crippen LogP contribution in [0.2, 0.25) is 5.02 Å². The Morgan fingerprint density at radius 1 is 1.20 bits per heavy atom. The molecular formula is C19H15BrClNO2S. The first-order chi connectivity index (χ1) is 12.1. The van der Waals surface area contributed by atoms with Gasteiger partial charge in [0.15, 0.2) is 5.78 Å². The highest BCUT2D eigenvalue weighted by Gasteiger charge is 2.40. The van der Waals surface area contributed by atoms with Gasteiger partial charge in [0.25, 0.3) is 0 Å². The Kier molecular flexibility index (Phi) is 4.56. The number of anilines is 1. The van der Waals surface area contributed by atoms with Crippen molar-refractivity contribution in [3.8, 4) is 0 Å². The summed E-state index contributed by atoms with van der Waals surface area (Å²) < 4.78 is 0.857. The fourth-order valence-corrected chi connectivity index (χ4v) is 5.17. The third-order valence-corrected chi connectivity index (χ3v) is 6.27. The maximum Gasteiger partial charge on any atom is 0.232 e. The molecule has 0 fully saturated rings. The van der Waals surface area contributed by atoms with Crippen molar-refractivity contribution in [1.82, 2.24) is 0 Å². The molecule has 0 bridgehead atoms. The smallest absolute Gasteiger partial charge is 0.232 e. The fraction of sp³-hybridized carbons (Fsp3) is 0.263. The second kappa shape index (κ2) is 6.71. The molecule has 0 spiro atoms. The Morgan fingerprint density at radius 2 is 2.04 bits per heavy atom. The van der Waals surface area contributed by atoms with Crippen LogP contribution in [0.3, 0.4) is 0 Å². The van der Waals surface area contributed by atoms with Crippen LogP contribution >= 0.6 is 38.9 Å². The lowest BCUT2D eigenvalue weighted by Gasteiger charge is -2.38. The Hall–Kier alpha value is -1.43. The molecule has 1 atom stereocenters. The van der Waals surface area contributed by atoms with Gasteiger partial charge in [0.2, 0.25) is 5.91 Å². The summed E-state index contributed by atoms with van der Waals surface area (Å²) in [6.45, 7) is 0. The monoisotopic (exact) mass is 435 g/mol. The molecule has 1 aliphatic carbocycles. The van der Waals surface area contributed by atoms with Crippen LogP contribution in [0.1, 0.15) is 37.2 Å². The first-order valence-electron chi connectivity index (χ1n) is 8.12. The number of carbonyl (C=O) groups excluding carboxylic acids is 2. The number of hydrogen-bond donors (Lipinski definition) is 0. The molecule has 1 aromatic heterocycles. The van der Waals surface area contributed by atoms with Crippen molar-refractivity contribution >= 4 is 56.2 Å². The SMILES string of the molecule is O=C1CCCC2=C1[C@@H](c1ccsc1)CC(=O)N2c1ccc(Br)cc1Cl. The zero-order chi connectivity index (χ0) is 17.6. The molecule has 1 aliphatic heterocycles. The van der Waals surface area contributed by atoms with E-state index in [0.717, 1.165) is 34.1 Å². The van der Waals surface area contributed by atoms with Gasteiger partial charge in [-0.2, -0.15) is 11.3 Å². The topological polar surface area (TPSA) is 37.4 Å². The average Bonchev–Trinajstić information content (AvgIpc) is 3.10. The van der Waals surface area contributed by atoms with Crippen molar-refractivity contribution in [1.29, 1.82) is 0 Å². The van der Waals surface area contributed by atoms with E-state index in [1.54, 1.807) is 22.3 Å². The molecule has 2 aromatic rings. The molecule has 0 unspecified atom stereocenters. The Labute approximate surface area is 163 Å². The lowest BCUT2D eigenvalue weighted by atomic mass is 9.78. The van der Waals surface area contributed by atoms with E-state index >= 15 is 0 Å². The van der Waals surface area contributed by atoms with E-state index in [2.05, 4.69) is 15.9 Å². The Morgan fingerprint density at radius 3 is 2.76 bits per heavy atom. The minimum Gasteiger partial charge on any atom is -0.294 e. The normalized spacial score (nSPS) is 20.9. The molecular weight excluding hydrogens is 422 g/mol. The van der Waals surface area contributed by atoms with Crippen LogP contribution in [-0.2, 0) is 9.59 Å². The summed E-state index contributed by atoms with van der Waals surface area (Å²) in [6, 6.07) is 7.49. The molecule has 0 radical (unpaired) electrons. The molecule has 128 valence electrons. The number of halogens is 2. The molecule has 3 nitrogen and oxygen atoms in total. The average molecular weight is 437 g/mol. The van der Waals surface area contributed by atoms with Crippen LogP contribution in [0.5, 0.6) is 0 Å². The second-order valence-corrected chi connectivity index (χ2v) is 8.38. The number of ketones is 1. The molecule has 0 saturated carbocycles. The van der Waals surface area contributed by atoms with Gasteiger partial charge in [-0.05, 0) is 53.4 Å². The number of benzene rings is 1. The summed E-state index contributed by atoms with van der Waals surface area (Å²) in [7, 11) is 0. The summed E-state index contributed by atoms with van der Waals surface area (Å²) in [4.78, 5) is 27.4. The molecule has 2 aliphatic rings. The van der Waals surface area contributed by atoms with Crippen LogP contribution in [0.25, 0.3) is 0 Å². The van der Waals surface area contributed by atoms with Crippen molar-refractivity contribution in [2.24, 2.45) is 0 Å². The van der Waals surface area contributed by atoms with E-state index in [-0.39, 0.29) is 17.6 Å². The van der Waals surface area contributed by atoms with Crippen molar-refractivity contribution in [2.45, 2.75) is 31.6 Å². The number of carbonyl (C=O) groups is 2. The van der Waals surface area contributed by atoms with Gasteiger partial charge in [-0.25, -0.2) is 0 Å². The van der Waals surface area contributed by atoms with Gasteiger partial charge < -0.3 is 0 Å². The predicted molar refractivity (Wildman–Crippen MR) is 104 cm³/mol. The maximum atomic E-state index is 13.0. The fourth-order valence-electron chi connectivity index (χ4n) is 3.69. The summed E-state index contributed by atoms with van der Waals surface area (Å²) in [5.74, 6) is 0.0177. The standard InChI is InChI=1S/C19H15BrClNO2S/c20-12-4-5-15(14(21)8-12)22-16-2-1-3-17(23)19(16)13(9-18(22)24)11-6-7-25-10-11/h4-8,10,13H,1-3,9H2/t13-/m1/s1. The number of amides is 1. The quantitative estimate of drug-likeness (QED) is 0.606. The highest BCUT2D eigenvalue weighted by atomic mass is 79.9. The Balaban J connectivity index is 1.88. The molecule has 4 rings (SSSR count). The molecule has 2 heterocycles. The summed E-state index contributed by atoms with van der Waals surface area (Å²) in [5.41, 5.74) is 3.33. The molecule has 0 saturated heterocycles. The van der Waals surface area contributed by atoms with Crippen LogP contribution in [0, 0.1) is 0 Å². The zero-order valence-corrected chi connectivity index (χ0v) is 16.5. The van der Waals surface area contributed by atoms with Crippen molar-refractivity contribution in [3.63, 3.8) is 0 Å². The number of Topliss-reactive ketones (excluding diaryl/α,β-unsaturated/α-hetero) is 1. The van der Waals surface area contributed by atoms with Gasteiger partial charge in [-0.1, -0.05) is 27.5 Å².